The van der Waals surface area contributed by atoms with Crippen molar-refractivity contribution < 1.29 is 4.74 Å². The van der Waals surface area contributed by atoms with Gasteiger partial charge in [0.25, 0.3) is 5.56 Å². The summed E-state index contributed by atoms with van der Waals surface area (Å²) in [5, 5.41) is 13.2. The summed E-state index contributed by atoms with van der Waals surface area (Å²) in [5.41, 5.74) is 0.276. The number of nitriles is 1. The van der Waals surface area contributed by atoms with Gasteiger partial charge < -0.3 is 9.64 Å². The normalized spacial score (nSPS) is 18.8. The summed E-state index contributed by atoms with van der Waals surface area (Å²) in [4.78, 5) is 14.2. The van der Waals surface area contributed by atoms with E-state index in [0.717, 1.165) is 25.2 Å². The largest absolute Gasteiger partial charge is 0.380 e. The smallest absolute Gasteiger partial charge is 0.268 e. The van der Waals surface area contributed by atoms with E-state index in [9.17, 15) is 4.79 Å². The van der Waals surface area contributed by atoms with Gasteiger partial charge in [-0.15, -0.1) is 0 Å². The van der Waals surface area contributed by atoms with Gasteiger partial charge in [-0.25, -0.2) is 4.68 Å². The Balaban J connectivity index is 2.05. The zero-order valence-electron chi connectivity index (χ0n) is 12.9. The van der Waals surface area contributed by atoms with Crippen molar-refractivity contribution >= 4 is 5.69 Å². The highest BCUT2D eigenvalue weighted by atomic mass is 16.5. The Labute approximate surface area is 124 Å². The van der Waals surface area contributed by atoms with Crippen LogP contribution in [0.4, 0.5) is 5.69 Å². The molecule has 0 N–H and O–H groups in total. The first-order valence-corrected chi connectivity index (χ1v) is 7.21. The molecule has 1 atom stereocenters. The number of nitrogens with zero attached hydrogens (tertiary/aromatic N) is 4. The number of methoxy groups -OCH3 is 1. The molecular formula is C15H22N4O2. The van der Waals surface area contributed by atoms with Gasteiger partial charge in [0.05, 0.1) is 29.5 Å². The molecule has 0 aliphatic carbocycles. The van der Waals surface area contributed by atoms with Crippen LogP contribution in [0.3, 0.4) is 0 Å². The third-order valence-corrected chi connectivity index (χ3v) is 3.95. The average Bonchev–Trinajstić information content (AvgIpc) is 2.95. The van der Waals surface area contributed by atoms with Crippen LogP contribution in [0.25, 0.3) is 0 Å². The third kappa shape index (κ3) is 3.82. The van der Waals surface area contributed by atoms with Gasteiger partial charge in [0, 0.05) is 32.8 Å². The molecule has 0 bridgehead atoms. The van der Waals surface area contributed by atoms with Crippen molar-refractivity contribution in [3.63, 3.8) is 0 Å². The van der Waals surface area contributed by atoms with Crippen LogP contribution in [-0.2, 0) is 11.3 Å². The molecule has 1 unspecified atom stereocenters. The molecule has 0 aromatic carbocycles. The number of anilines is 1. The van der Waals surface area contributed by atoms with Crippen molar-refractivity contribution in [3.05, 3.63) is 22.6 Å². The number of ether oxygens (including phenoxy) is 1. The maximum absolute atomic E-state index is 12.1. The maximum atomic E-state index is 12.1. The molecule has 6 heteroatoms. The molecule has 0 spiro atoms. The number of hydrogen-bond donors (Lipinski definition) is 0. The summed E-state index contributed by atoms with van der Waals surface area (Å²) in [6.45, 7) is 5.86. The average molecular weight is 290 g/mol. The highest BCUT2D eigenvalue weighted by Crippen LogP contribution is 2.20. The minimum atomic E-state index is -0.444. The Kier molecular flexibility index (Phi) is 4.63. The lowest BCUT2D eigenvalue weighted by Gasteiger charge is -2.19. The summed E-state index contributed by atoms with van der Waals surface area (Å²) in [6.07, 6.45) is 3.52. The molecular weight excluding hydrogens is 268 g/mol. The van der Waals surface area contributed by atoms with E-state index in [0.29, 0.717) is 13.0 Å². The van der Waals surface area contributed by atoms with E-state index in [1.54, 1.807) is 19.4 Å². The molecule has 1 aliphatic heterocycles. The molecule has 1 aliphatic rings. The van der Waals surface area contributed by atoms with E-state index in [2.05, 4.69) is 16.1 Å². The van der Waals surface area contributed by atoms with Crippen LogP contribution >= 0.6 is 0 Å². The topological polar surface area (TPSA) is 71.2 Å². The molecule has 1 fully saturated rings. The molecule has 1 saturated heterocycles. The van der Waals surface area contributed by atoms with Crippen LogP contribution in [0.1, 0.15) is 26.7 Å². The van der Waals surface area contributed by atoms with Crippen LogP contribution in [-0.4, -0.2) is 36.1 Å². The highest BCUT2D eigenvalue weighted by Gasteiger charge is 2.23. The molecule has 114 valence electrons. The van der Waals surface area contributed by atoms with E-state index in [-0.39, 0.29) is 11.7 Å². The van der Waals surface area contributed by atoms with Gasteiger partial charge in [0.15, 0.2) is 0 Å². The number of aryl methyl sites for hydroxylation is 1. The molecule has 1 aromatic heterocycles. The second-order valence-electron chi connectivity index (χ2n) is 6.11. The first-order chi connectivity index (χ1) is 9.95. The fraction of sp³-hybridized carbons (Fsp3) is 0.667. The van der Waals surface area contributed by atoms with Crippen molar-refractivity contribution in [3.8, 4) is 6.07 Å². The SMILES string of the molecule is COC1CCN(c2cnn(CCC(C)(C)C#N)c(=O)c2)C1. The first kappa shape index (κ1) is 15.5. The number of rotatable bonds is 5. The van der Waals surface area contributed by atoms with Crippen LogP contribution in [0.2, 0.25) is 0 Å². The summed E-state index contributed by atoms with van der Waals surface area (Å²) < 4.78 is 6.75. The van der Waals surface area contributed by atoms with Gasteiger partial charge in [0.1, 0.15) is 0 Å². The van der Waals surface area contributed by atoms with E-state index < -0.39 is 5.41 Å². The van der Waals surface area contributed by atoms with Gasteiger partial charge in [-0.1, -0.05) is 0 Å². The molecule has 21 heavy (non-hydrogen) atoms. The summed E-state index contributed by atoms with van der Waals surface area (Å²) >= 11 is 0. The quantitative estimate of drug-likeness (QED) is 0.820. The predicted molar refractivity (Wildman–Crippen MR) is 80.1 cm³/mol. The van der Waals surface area contributed by atoms with Crippen molar-refractivity contribution in [2.45, 2.75) is 39.3 Å². The minimum Gasteiger partial charge on any atom is -0.380 e. The van der Waals surface area contributed by atoms with Crippen LogP contribution in [0.15, 0.2) is 17.1 Å². The van der Waals surface area contributed by atoms with E-state index in [1.165, 1.54) is 4.68 Å². The van der Waals surface area contributed by atoms with Crippen LogP contribution in [0.5, 0.6) is 0 Å². The molecule has 0 amide bonds. The Bertz CT molecular complexity index is 588. The van der Waals surface area contributed by atoms with E-state index >= 15 is 0 Å². The molecule has 2 rings (SSSR count). The predicted octanol–water partition coefficient (Wildman–Crippen LogP) is 1.41. The summed E-state index contributed by atoms with van der Waals surface area (Å²) in [5.74, 6) is 0. The van der Waals surface area contributed by atoms with Crippen molar-refractivity contribution in [2.24, 2.45) is 5.41 Å². The minimum absolute atomic E-state index is 0.123. The van der Waals surface area contributed by atoms with Crippen LogP contribution in [0, 0.1) is 16.7 Å². The van der Waals surface area contributed by atoms with Gasteiger partial charge in [0.2, 0.25) is 0 Å². The Morgan fingerprint density at radius 3 is 2.90 bits per heavy atom. The van der Waals surface area contributed by atoms with Crippen LogP contribution < -0.4 is 10.5 Å². The fourth-order valence-corrected chi connectivity index (χ4v) is 2.36. The summed E-state index contributed by atoms with van der Waals surface area (Å²) in [6, 6.07) is 3.85. The molecule has 0 radical (unpaired) electrons. The maximum Gasteiger partial charge on any atom is 0.268 e. The van der Waals surface area contributed by atoms with Crippen molar-refractivity contribution in [2.75, 3.05) is 25.1 Å². The van der Waals surface area contributed by atoms with E-state index in [4.69, 9.17) is 10.00 Å². The van der Waals surface area contributed by atoms with Crippen molar-refractivity contribution in [1.29, 1.82) is 5.26 Å². The lowest BCUT2D eigenvalue weighted by atomic mass is 9.92. The lowest BCUT2D eigenvalue weighted by molar-refractivity contribution is 0.121. The Hall–Kier alpha value is -1.87. The molecule has 0 saturated carbocycles. The Morgan fingerprint density at radius 2 is 2.33 bits per heavy atom. The van der Waals surface area contributed by atoms with Gasteiger partial charge in [-0.2, -0.15) is 10.4 Å². The van der Waals surface area contributed by atoms with Crippen molar-refractivity contribution in [1.82, 2.24) is 9.78 Å². The molecule has 2 heterocycles. The second kappa shape index (κ2) is 6.27. The first-order valence-electron chi connectivity index (χ1n) is 7.21. The summed E-state index contributed by atoms with van der Waals surface area (Å²) in [7, 11) is 1.71. The monoisotopic (exact) mass is 290 g/mol. The molecule has 6 nitrogen and oxygen atoms in total. The molecule has 1 aromatic rings. The highest BCUT2D eigenvalue weighted by molar-refractivity contribution is 5.44. The third-order valence-electron chi connectivity index (χ3n) is 3.95. The zero-order chi connectivity index (χ0) is 15.5. The van der Waals surface area contributed by atoms with Gasteiger partial charge in [-0.05, 0) is 26.7 Å². The number of hydrogen-bond acceptors (Lipinski definition) is 5. The lowest BCUT2D eigenvalue weighted by Crippen LogP contribution is -2.28. The number of aromatic nitrogens is 2. The second-order valence-corrected chi connectivity index (χ2v) is 6.11. The van der Waals surface area contributed by atoms with E-state index in [1.807, 2.05) is 13.8 Å². The van der Waals surface area contributed by atoms with Gasteiger partial charge in [-0.3, -0.25) is 4.79 Å². The standard InChI is InChI=1S/C15H22N4O2/c1-15(2,11-16)5-7-19-14(20)8-12(9-17-19)18-6-4-13(10-18)21-3/h8-9,13H,4-7,10H2,1-3H3. The zero-order valence-corrected chi connectivity index (χ0v) is 12.9. The van der Waals surface area contributed by atoms with Gasteiger partial charge >= 0.3 is 0 Å². The Morgan fingerprint density at radius 1 is 1.57 bits per heavy atom. The fourth-order valence-electron chi connectivity index (χ4n) is 2.36.